The first-order chi connectivity index (χ1) is 9.00. The zero-order valence-electron chi connectivity index (χ0n) is 10.7. The monoisotopic (exact) mass is 267 g/mol. The van der Waals surface area contributed by atoms with Gasteiger partial charge in [0, 0.05) is 18.5 Å². The van der Waals surface area contributed by atoms with Gasteiger partial charge in [-0.15, -0.1) is 0 Å². The van der Waals surface area contributed by atoms with Crippen LogP contribution in [0.1, 0.15) is 29.8 Å². The Kier molecular flexibility index (Phi) is 3.84. The molecule has 1 amide bonds. The minimum atomic E-state index is -0.530. The second-order valence-corrected chi connectivity index (χ2v) is 4.86. The Hall–Kier alpha value is -1.89. The molecule has 1 aromatic heterocycles. The second kappa shape index (κ2) is 5.40. The average molecular weight is 267 g/mol. The van der Waals surface area contributed by atoms with Crippen LogP contribution in [0.25, 0.3) is 0 Å². The molecule has 0 aliphatic heterocycles. The fourth-order valence-corrected chi connectivity index (χ4v) is 2.48. The molecule has 0 bridgehead atoms. The maximum atomic E-state index is 11.9. The van der Waals surface area contributed by atoms with Crippen LogP contribution in [0.15, 0.2) is 12.1 Å². The molecule has 19 heavy (non-hydrogen) atoms. The van der Waals surface area contributed by atoms with E-state index in [1.807, 2.05) is 0 Å². The summed E-state index contributed by atoms with van der Waals surface area (Å²) >= 11 is 0. The van der Waals surface area contributed by atoms with E-state index in [4.69, 9.17) is 0 Å². The van der Waals surface area contributed by atoms with E-state index in [1.54, 1.807) is 0 Å². The van der Waals surface area contributed by atoms with Gasteiger partial charge in [-0.3, -0.25) is 4.79 Å². The van der Waals surface area contributed by atoms with Crippen molar-refractivity contribution in [2.45, 2.75) is 25.4 Å². The number of amides is 1. The van der Waals surface area contributed by atoms with Gasteiger partial charge < -0.3 is 20.5 Å². The lowest BCUT2D eigenvalue weighted by molar-refractivity contribution is -0.391. The van der Waals surface area contributed by atoms with Crippen LogP contribution in [0.3, 0.4) is 0 Å². The van der Waals surface area contributed by atoms with Gasteiger partial charge >= 0.3 is 5.82 Å². The Bertz CT molecular complexity index is 497. The van der Waals surface area contributed by atoms with Gasteiger partial charge in [-0.05, 0) is 23.8 Å². The van der Waals surface area contributed by atoms with Gasteiger partial charge in [0.2, 0.25) is 0 Å². The summed E-state index contributed by atoms with van der Waals surface area (Å²) in [5.74, 6) is -0.389. The van der Waals surface area contributed by atoms with E-state index in [1.165, 1.54) is 23.7 Å². The summed E-state index contributed by atoms with van der Waals surface area (Å²) in [7, 11) is 1.48. The van der Waals surface area contributed by atoms with Gasteiger partial charge in [0.25, 0.3) is 5.91 Å². The minimum absolute atomic E-state index is 0.0826. The summed E-state index contributed by atoms with van der Waals surface area (Å²) in [6.45, 7) is 0.402. The molecule has 2 unspecified atom stereocenters. The number of nitro groups is 1. The highest BCUT2D eigenvalue weighted by molar-refractivity contribution is 5.93. The molecule has 7 heteroatoms. The van der Waals surface area contributed by atoms with Crippen LogP contribution in [-0.4, -0.2) is 33.2 Å². The number of rotatable bonds is 4. The van der Waals surface area contributed by atoms with E-state index >= 15 is 0 Å². The Balaban J connectivity index is 1.98. The number of nitrogens with one attached hydrogen (secondary N) is 1. The molecule has 0 saturated heterocycles. The van der Waals surface area contributed by atoms with Crippen molar-refractivity contribution in [3.63, 3.8) is 0 Å². The molecule has 2 atom stereocenters. The van der Waals surface area contributed by atoms with Gasteiger partial charge in [0.15, 0.2) is 5.69 Å². The maximum Gasteiger partial charge on any atom is 0.323 e. The zero-order chi connectivity index (χ0) is 14.0. The molecular weight excluding hydrogens is 250 g/mol. The third-order valence-electron chi connectivity index (χ3n) is 3.66. The standard InChI is InChI=1S/C12H17N3O4/c1-14-9(5-6-11(14)15(18)19)12(17)13-7-8-3-2-4-10(8)16/h5-6,8,10,16H,2-4,7H2,1H3,(H,13,17). The molecule has 1 aliphatic rings. The molecule has 1 saturated carbocycles. The molecule has 7 nitrogen and oxygen atoms in total. The highest BCUT2D eigenvalue weighted by Gasteiger charge is 2.27. The van der Waals surface area contributed by atoms with Crippen molar-refractivity contribution >= 4 is 11.7 Å². The minimum Gasteiger partial charge on any atom is -0.393 e. The van der Waals surface area contributed by atoms with Crippen LogP contribution >= 0.6 is 0 Å². The van der Waals surface area contributed by atoms with Gasteiger partial charge in [0.1, 0.15) is 0 Å². The molecular formula is C12H17N3O4. The molecule has 1 fully saturated rings. The highest BCUT2D eigenvalue weighted by Crippen LogP contribution is 2.24. The van der Waals surface area contributed by atoms with E-state index in [9.17, 15) is 20.0 Å². The van der Waals surface area contributed by atoms with Gasteiger partial charge in [-0.1, -0.05) is 6.42 Å². The van der Waals surface area contributed by atoms with Crippen LogP contribution in [0.4, 0.5) is 5.82 Å². The molecule has 1 aromatic rings. The van der Waals surface area contributed by atoms with Gasteiger partial charge in [-0.2, -0.15) is 0 Å². The van der Waals surface area contributed by atoms with E-state index < -0.39 is 4.92 Å². The lowest BCUT2D eigenvalue weighted by atomic mass is 10.1. The van der Waals surface area contributed by atoms with Crippen LogP contribution in [-0.2, 0) is 7.05 Å². The molecule has 0 radical (unpaired) electrons. The predicted octanol–water partition coefficient (Wildman–Crippen LogP) is 0.824. The normalized spacial score (nSPS) is 22.4. The summed E-state index contributed by atoms with van der Waals surface area (Å²) in [6, 6.07) is 2.73. The molecule has 104 valence electrons. The lowest BCUT2D eigenvalue weighted by Gasteiger charge is -2.14. The van der Waals surface area contributed by atoms with Gasteiger partial charge in [0.05, 0.1) is 13.2 Å². The SMILES string of the molecule is Cn1c(C(=O)NCC2CCCC2O)ccc1[N+](=O)[O-]. The lowest BCUT2D eigenvalue weighted by Crippen LogP contribution is -2.33. The summed E-state index contributed by atoms with van der Waals surface area (Å²) in [5, 5.41) is 23.1. The van der Waals surface area contributed by atoms with Crippen molar-refractivity contribution in [1.82, 2.24) is 9.88 Å². The molecule has 2 rings (SSSR count). The molecule has 2 N–H and O–H groups in total. The van der Waals surface area contributed by atoms with Crippen molar-refractivity contribution in [1.29, 1.82) is 0 Å². The number of aliphatic hydroxyl groups is 1. The summed E-state index contributed by atoms with van der Waals surface area (Å²) in [4.78, 5) is 22.1. The van der Waals surface area contributed by atoms with Crippen molar-refractivity contribution in [2.75, 3.05) is 6.54 Å². The number of hydrogen-bond donors (Lipinski definition) is 2. The van der Waals surface area contributed by atoms with E-state index in [0.29, 0.717) is 6.54 Å². The summed E-state index contributed by atoms with van der Waals surface area (Å²) in [6.07, 6.45) is 2.28. The highest BCUT2D eigenvalue weighted by atomic mass is 16.6. The number of carbonyl (C=O) groups excluding carboxylic acids is 1. The first-order valence-electron chi connectivity index (χ1n) is 6.27. The number of carbonyl (C=O) groups is 1. The van der Waals surface area contributed by atoms with E-state index in [-0.39, 0.29) is 29.4 Å². The fourth-order valence-electron chi connectivity index (χ4n) is 2.48. The zero-order valence-corrected chi connectivity index (χ0v) is 10.7. The van der Waals surface area contributed by atoms with Crippen molar-refractivity contribution < 1.29 is 14.8 Å². The number of nitrogens with zero attached hydrogens (tertiary/aromatic N) is 2. The van der Waals surface area contributed by atoms with Crippen molar-refractivity contribution in [3.05, 3.63) is 27.9 Å². The smallest absolute Gasteiger partial charge is 0.323 e. The maximum absolute atomic E-state index is 11.9. The number of aromatic nitrogens is 1. The van der Waals surface area contributed by atoms with Crippen molar-refractivity contribution in [2.24, 2.45) is 13.0 Å². The Morgan fingerprint density at radius 2 is 2.32 bits per heavy atom. The Labute approximate surface area is 110 Å². The first kappa shape index (κ1) is 13.5. The van der Waals surface area contributed by atoms with Gasteiger partial charge in [-0.25, -0.2) is 4.57 Å². The van der Waals surface area contributed by atoms with E-state index in [0.717, 1.165) is 19.3 Å². The molecule has 1 heterocycles. The topological polar surface area (TPSA) is 97.4 Å². The molecule has 0 spiro atoms. The molecule has 0 aromatic carbocycles. The van der Waals surface area contributed by atoms with Crippen LogP contribution in [0, 0.1) is 16.0 Å². The first-order valence-corrected chi connectivity index (χ1v) is 6.27. The Morgan fingerprint density at radius 3 is 2.84 bits per heavy atom. The third kappa shape index (κ3) is 2.76. The quantitative estimate of drug-likeness (QED) is 0.623. The fraction of sp³-hybridized carbons (Fsp3) is 0.583. The summed E-state index contributed by atoms with van der Waals surface area (Å²) in [5.41, 5.74) is 0.249. The van der Waals surface area contributed by atoms with Crippen LogP contribution in [0.5, 0.6) is 0 Å². The predicted molar refractivity (Wildman–Crippen MR) is 67.7 cm³/mol. The Morgan fingerprint density at radius 1 is 1.58 bits per heavy atom. The van der Waals surface area contributed by atoms with Crippen LogP contribution in [0.2, 0.25) is 0 Å². The van der Waals surface area contributed by atoms with Crippen LogP contribution < -0.4 is 5.32 Å². The van der Waals surface area contributed by atoms with E-state index in [2.05, 4.69) is 5.32 Å². The summed E-state index contributed by atoms with van der Waals surface area (Å²) < 4.78 is 1.25. The second-order valence-electron chi connectivity index (χ2n) is 4.86. The largest absolute Gasteiger partial charge is 0.393 e. The number of aliphatic hydroxyl groups excluding tert-OH is 1. The number of hydrogen-bond acceptors (Lipinski definition) is 4. The third-order valence-corrected chi connectivity index (χ3v) is 3.66. The molecule has 1 aliphatic carbocycles. The van der Waals surface area contributed by atoms with Crippen molar-refractivity contribution in [3.8, 4) is 0 Å². The average Bonchev–Trinajstić information content (AvgIpc) is 2.92.